The molecule has 0 radical (unpaired) electrons. The summed E-state index contributed by atoms with van der Waals surface area (Å²) in [6.45, 7) is 2.22. The minimum atomic E-state index is -0.526. The first-order chi connectivity index (χ1) is 16.4. The molecule has 0 spiro atoms. The molecule has 0 atom stereocenters. The Morgan fingerprint density at radius 2 is 1.88 bits per heavy atom. The first kappa shape index (κ1) is 23.6. The SMILES string of the molecule is Cc1ccc(NC(=O)/C(C#N)=C\c2cc(Br)ccc2OCc2cccc3ccccc23)cc1Cl. The highest BCUT2D eigenvalue weighted by Crippen LogP contribution is 2.28. The largest absolute Gasteiger partial charge is 0.488 e. The van der Waals surface area contributed by atoms with E-state index in [1.165, 1.54) is 6.08 Å². The van der Waals surface area contributed by atoms with Gasteiger partial charge in [-0.1, -0.05) is 76.1 Å². The summed E-state index contributed by atoms with van der Waals surface area (Å²) in [5.41, 5.74) is 3.03. The van der Waals surface area contributed by atoms with E-state index in [0.29, 0.717) is 28.6 Å². The highest BCUT2D eigenvalue weighted by molar-refractivity contribution is 9.10. The third-order valence-corrected chi connectivity index (χ3v) is 6.23. The zero-order valence-electron chi connectivity index (χ0n) is 18.3. The molecule has 6 heteroatoms. The number of hydrogen-bond donors (Lipinski definition) is 1. The second-order valence-electron chi connectivity index (χ2n) is 7.70. The highest BCUT2D eigenvalue weighted by atomic mass is 79.9. The van der Waals surface area contributed by atoms with Crippen molar-refractivity contribution in [2.75, 3.05) is 5.32 Å². The van der Waals surface area contributed by atoms with Crippen LogP contribution < -0.4 is 10.1 Å². The number of ether oxygens (including phenoxy) is 1. The number of nitrogens with zero attached hydrogens (tertiary/aromatic N) is 1. The van der Waals surface area contributed by atoms with E-state index < -0.39 is 5.91 Å². The van der Waals surface area contributed by atoms with E-state index in [-0.39, 0.29) is 5.57 Å². The van der Waals surface area contributed by atoms with Gasteiger partial charge >= 0.3 is 0 Å². The quantitative estimate of drug-likeness (QED) is 0.205. The molecule has 1 N–H and O–H groups in total. The molecule has 0 aliphatic heterocycles. The third-order valence-electron chi connectivity index (χ3n) is 5.33. The molecular formula is C28H20BrClN2O2. The molecule has 168 valence electrons. The van der Waals surface area contributed by atoms with Gasteiger partial charge in [-0.25, -0.2) is 0 Å². The summed E-state index contributed by atoms with van der Waals surface area (Å²) in [6, 6.07) is 26.9. The van der Waals surface area contributed by atoms with Crippen LogP contribution in [0, 0.1) is 18.3 Å². The van der Waals surface area contributed by atoms with Gasteiger partial charge in [-0.05, 0) is 65.2 Å². The standard InChI is InChI=1S/C28H20BrClN2O2/c1-18-9-11-24(15-26(18)30)32-28(33)22(16-31)13-21-14-23(29)10-12-27(21)34-17-20-7-4-6-19-5-2-3-8-25(19)20/h2-15H,17H2,1H3,(H,32,33)/b22-13-. The van der Waals surface area contributed by atoms with Gasteiger partial charge in [0, 0.05) is 20.7 Å². The molecule has 4 aromatic carbocycles. The lowest BCUT2D eigenvalue weighted by Crippen LogP contribution is -2.13. The molecule has 0 fully saturated rings. The summed E-state index contributed by atoms with van der Waals surface area (Å²) in [6.07, 6.45) is 1.52. The van der Waals surface area contributed by atoms with Crippen molar-refractivity contribution in [2.45, 2.75) is 13.5 Å². The van der Waals surface area contributed by atoms with Crippen molar-refractivity contribution in [1.29, 1.82) is 5.26 Å². The number of anilines is 1. The van der Waals surface area contributed by atoms with Crippen molar-refractivity contribution < 1.29 is 9.53 Å². The summed E-state index contributed by atoms with van der Waals surface area (Å²) in [5.74, 6) is 0.0393. The number of nitrogens with one attached hydrogen (secondary N) is 1. The molecule has 1 amide bonds. The van der Waals surface area contributed by atoms with Crippen molar-refractivity contribution in [3.05, 3.63) is 111 Å². The van der Waals surface area contributed by atoms with Crippen LogP contribution in [0.3, 0.4) is 0 Å². The number of hydrogen-bond acceptors (Lipinski definition) is 3. The fourth-order valence-corrected chi connectivity index (χ4v) is 4.07. The van der Waals surface area contributed by atoms with Gasteiger partial charge in [-0.3, -0.25) is 4.79 Å². The van der Waals surface area contributed by atoms with Crippen LogP contribution in [-0.4, -0.2) is 5.91 Å². The Morgan fingerprint density at radius 1 is 1.09 bits per heavy atom. The Kier molecular flexibility index (Phi) is 7.32. The minimum Gasteiger partial charge on any atom is -0.488 e. The summed E-state index contributed by atoms with van der Waals surface area (Å²) in [7, 11) is 0. The molecule has 0 heterocycles. The topological polar surface area (TPSA) is 62.1 Å². The van der Waals surface area contributed by atoms with Gasteiger partial charge in [-0.15, -0.1) is 0 Å². The Labute approximate surface area is 211 Å². The molecule has 0 aliphatic rings. The predicted octanol–water partition coefficient (Wildman–Crippen LogP) is 7.69. The molecule has 0 saturated carbocycles. The lowest BCUT2D eigenvalue weighted by atomic mass is 10.1. The van der Waals surface area contributed by atoms with E-state index in [0.717, 1.165) is 26.4 Å². The molecule has 0 unspecified atom stereocenters. The Morgan fingerprint density at radius 3 is 2.68 bits per heavy atom. The van der Waals surface area contributed by atoms with Crippen LogP contribution in [0.15, 0.2) is 88.9 Å². The van der Waals surface area contributed by atoms with Crippen LogP contribution in [0.4, 0.5) is 5.69 Å². The molecule has 4 nitrogen and oxygen atoms in total. The van der Waals surface area contributed by atoms with E-state index in [4.69, 9.17) is 16.3 Å². The molecular weight excluding hydrogens is 512 g/mol. The van der Waals surface area contributed by atoms with Gasteiger partial charge in [0.15, 0.2) is 0 Å². The van der Waals surface area contributed by atoms with E-state index in [1.54, 1.807) is 18.2 Å². The number of amides is 1. The normalized spacial score (nSPS) is 11.2. The number of halogens is 2. The van der Waals surface area contributed by atoms with Gasteiger partial charge in [0.2, 0.25) is 0 Å². The van der Waals surface area contributed by atoms with Gasteiger partial charge in [0.1, 0.15) is 24.0 Å². The van der Waals surface area contributed by atoms with Gasteiger partial charge in [-0.2, -0.15) is 5.26 Å². The second-order valence-corrected chi connectivity index (χ2v) is 9.02. The smallest absolute Gasteiger partial charge is 0.266 e. The number of aryl methyl sites for hydroxylation is 1. The average Bonchev–Trinajstić information content (AvgIpc) is 2.84. The summed E-state index contributed by atoms with van der Waals surface area (Å²) in [4.78, 5) is 12.8. The van der Waals surface area contributed by atoms with E-state index >= 15 is 0 Å². The average molecular weight is 532 g/mol. The van der Waals surface area contributed by atoms with Crippen LogP contribution >= 0.6 is 27.5 Å². The molecule has 0 bridgehead atoms. The fraction of sp³-hybridized carbons (Fsp3) is 0.0714. The number of nitriles is 1. The molecule has 0 aliphatic carbocycles. The summed E-state index contributed by atoms with van der Waals surface area (Å²) < 4.78 is 6.94. The Balaban J connectivity index is 1.59. The maximum atomic E-state index is 12.8. The first-order valence-electron chi connectivity index (χ1n) is 10.5. The maximum Gasteiger partial charge on any atom is 0.266 e. The zero-order valence-corrected chi connectivity index (χ0v) is 20.7. The maximum absolute atomic E-state index is 12.8. The first-order valence-corrected chi connectivity index (χ1v) is 11.7. The van der Waals surface area contributed by atoms with E-state index in [9.17, 15) is 10.1 Å². The van der Waals surface area contributed by atoms with Crippen molar-refractivity contribution >= 4 is 56.0 Å². The fourth-order valence-electron chi connectivity index (χ4n) is 3.51. The molecule has 4 aromatic rings. The minimum absolute atomic E-state index is 0.0511. The zero-order chi connectivity index (χ0) is 24.1. The monoisotopic (exact) mass is 530 g/mol. The van der Waals surface area contributed by atoms with Gasteiger partial charge in [0.25, 0.3) is 5.91 Å². The third kappa shape index (κ3) is 5.48. The van der Waals surface area contributed by atoms with Crippen LogP contribution in [-0.2, 0) is 11.4 Å². The van der Waals surface area contributed by atoms with Crippen molar-refractivity contribution in [3.63, 3.8) is 0 Å². The van der Waals surface area contributed by atoms with Crippen molar-refractivity contribution in [2.24, 2.45) is 0 Å². The Hall–Kier alpha value is -3.59. The van der Waals surface area contributed by atoms with Gasteiger partial charge < -0.3 is 10.1 Å². The van der Waals surface area contributed by atoms with Crippen LogP contribution in [0.5, 0.6) is 5.75 Å². The van der Waals surface area contributed by atoms with Crippen LogP contribution in [0.1, 0.15) is 16.7 Å². The highest BCUT2D eigenvalue weighted by Gasteiger charge is 2.13. The number of benzene rings is 4. The van der Waals surface area contributed by atoms with Crippen molar-refractivity contribution in [3.8, 4) is 11.8 Å². The molecule has 0 saturated heterocycles. The number of carbonyl (C=O) groups is 1. The lowest BCUT2D eigenvalue weighted by molar-refractivity contribution is -0.112. The Bertz CT molecular complexity index is 1450. The molecule has 0 aromatic heterocycles. The second kappa shape index (κ2) is 10.6. The lowest BCUT2D eigenvalue weighted by Gasteiger charge is -2.12. The predicted molar refractivity (Wildman–Crippen MR) is 141 cm³/mol. The number of rotatable bonds is 6. The summed E-state index contributed by atoms with van der Waals surface area (Å²) in [5, 5.41) is 15.2. The molecule has 4 rings (SSSR count). The van der Waals surface area contributed by atoms with Crippen LogP contribution in [0.25, 0.3) is 16.8 Å². The van der Waals surface area contributed by atoms with Crippen molar-refractivity contribution in [1.82, 2.24) is 0 Å². The summed E-state index contributed by atoms with van der Waals surface area (Å²) >= 11 is 9.61. The number of fused-ring (bicyclic) bond motifs is 1. The van der Waals surface area contributed by atoms with E-state index in [2.05, 4.69) is 39.4 Å². The van der Waals surface area contributed by atoms with Crippen LogP contribution in [0.2, 0.25) is 5.02 Å². The van der Waals surface area contributed by atoms with E-state index in [1.807, 2.05) is 55.5 Å². The molecule has 34 heavy (non-hydrogen) atoms. The van der Waals surface area contributed by atoms with Gasteiger partial charge in [0.05, 0.1) is 0 Å². The number of carbonyl (C=O) groups excluding carboxylic acids is 1.